The van der Waals surface area contributed by atoms with E-state index in [0.29, 0.717) is 18.0 Å². The van der Waals surface area contributed by atoms with Gasteiger partial charge in [-0.2, -0.15) is 4.98 Å². The Labute approximate surface area is 173 Å². The van der Waals surface area contributed by atoms with Gasteiger partial charge in [-0.15, -0.1) is 0 Å². The molecule has 3 N–H and O–H groups in total. The summed E-state index contributed by atoms with van der Waals surface area (Å²) in [5, 5.41) is 11.1. The van der Waals surface area contributed by atoms with E-state index in [1.54, 1.807) is 6.20 Å². The summed E-state index contributed by atoms with van der Waals surface area (Å²) in [6.07, 6.45) is 6.10. The molecule has 1 saturated carbocycles. The van der Waals surface area contributed by atoms with Crippen LogP contribution in [-0.4, -0.2) is 41.3 Å². The third-order valence-corrected chi connectivity index (χ3v) is 5.38. The van der Waals surface area contributed by atoms with Gasteiger partial charge >= 0.3 is 0 Å². The van der Waals surface area contributed by atoms with Crippen LogP contribution < -0.4 is 20.9 Å². The van der Waals surface area contributed by atoms with Gasteiger partial charge in [0.1, 0.15) is 5.82 Å². The molecule has 0 unspecified atom stereocenters. The number of anilines is 2. The van der Waals surface area contributed by atoms with Crippen molar-refractivity contribution in [3.63, 3.8) is 0 Å². The molecule has 1 aromatic carbocycles. The number of nitrogens with zero attached hydrogens (tertiary/aromatic N) is 3. The number of aromatic nitrogens is 2. The summed E-state index contributed by atoms with van der Waals surface area (Å²) in [7, 11) is 3.97. The highest BCUT2D eigenvalue weighted by Crippen LogP contribution is 2.22. The highest BCUT2D eigenvalue weighted by molar-refractivity contribution is 7.80. The number of hydrogen-bond donors (Lipinski definition) is 3. The Kier molecular flexibility index (Phi) is 7.03. The van der Waals surface area contributed by atoms with E-state index in [9.17, 15) is 0 Å². The minimum atomic E-state index is 0.195. The maximum absolute atomic E-state index is 5.52. The van der Waals surface area contributed by atoms with Gasteiger partial charge in [-0.05, 0) is 56.5 Å². The van der Waals surface area contributed by atoms with Crippen LogP contribution in [0.5, 0.6) is 0 Å². The van der Waals surface area contributed by atoms with Crippen LogP contribution in [0.2, 0.25) is 0 Å². The van der Waals surface area contributed by atoms with E-state index in [-0.39, 0.29) is 6.04 Å². The highest BCUT2D eigenvalue weighted by Gasteiger charge is 2.22. The van der Waals surface area contributed by atoms with Crippen LogP contribution in [0.15, 0.2) is 42.6 Å². The second kappa shape index (κ2) is 9.68. The van der Waals surface area contributed by atoms with Gasteiger partial charge in [0.2, 0.25) is 5.95 Å². The Morgan fingerprint density at radius 3 is 2.43 bits per heavy atom. The Morgan fingerprint density at radius 1 is 1.07 bits per heavy atom. The molecule has 0 aliphatic heterocycles. The topological polar surface area (TPSA) is 65.1 Å². The zero-order valence-electron chi connectivity index (χ0n) is 16.9. The molecule has 0 spiro atoms. The van der Waals surface area contributed by atoms with Gasteiger partial charge < -0.3 is 20.9 Å². The van der Waals surface area contributed by atoms with Crippen LogP contribution in [-0.2, 0) is 0 Å². The van der Waals surface area contributed by atoms with Gasteiger partial charge in [-0.1, -0.05) is 30.3 Å². The van der Waals surface area contributed by atoms with Crippen LogP contribution in [0, 0.1) is 0 Å². The number of nitrogens with one attached hydrogen (secondary N) is 3. The fourth-order valence-electron chi connectivity index (χ4n) is 3.48. The van der Waals surface area contributed by atoms with Crippen molar-refractivity contribution in [3.05, 3.63) is 48.2 Å². The first kappa shape index (κ1) is 20.3. The molecule has 0 radical (unpaired) electrons. The molecule has 1 aliphatic rings. The average molecular weight is 399 g/mol. The van der Waals surface area contributed by atoms with E-state index in [1.807, 2.05) is 31.1 Å². The minimum Gasteiger partial charge on any atom is -0.363 e. The predicted octanol–water partition coefficient (Wildman–Crippen LogP) is 3.49. The number of hydrogen-bond acceptors (Lipinski definition) is 5. The number of benzene rings is 1. The third-order valence-electron chi connectivity index (χ3n) is 5.14. The van der Waals surface area contributed by atoms with E-state index in [4.69, 9.17) is 12.2 Å². The van der Waals surface area contributed by atoms with Gasteiger partial charge in [-0.3, -0.25) is 0 Å². The molecule has 1 aliphatic carbocycles. The minimum absolute atomic E-state index is 0.195. The van der Waals surface area contributed by atoms with Crippen molar-refractivity contribution in [1.29, 1.82) is 0 Å². The predicted molar refractivity (Wildman–Crippen MR) is 120 cm³/mol. The lowest BCUT2D eigenvalue weighted by Gasteiger charge is -2.31. The van der Waals surface area contributed by atoms with Gasteiger partial charge in [-0.25, -0.2) is 4.98 Å². The lowest BCUT2D eigenvalue weighted by atomic mass is 9.91. The van der Waals surface area contributed by atoms with Crippen molar-refractivity contribution < 1.29 is 0 Å². The Morgan fingerprint density at radius 2 is 1.75 bits per heavy atom. The second-order valence-corrected chi connectivity index (χ2v) is 7.98. The quantitative estimate of drug-likeness (QED) is 0.644. The molecule has 1 aromatic heterocycles. The fraction of sp³-hybridized carbons (Fsp3) is 0.476. The van der Waals surface area contributed by atoms with Crippen molar-refractivity contribution in [2.45, 2.75) is 50.7 Å². The smallest absolute Gasteiger partial charge is 0.224 e. The molecular weight excluding hydrogens is 368 g/mol. The highest BCUT2D eigenvalue weighted by atomic mass is 32.1. The monoisotopic (exact) mass is 398 g/mol. The summed E-state index contributed by atoms with van der Waals surface area (Å²) < 4.78 is 0. The van der Waals surface area contributed by atoms with Crippen molar-refractivity contribution in [2.75, 3.05) is 24.3 Å². The molecule has 2 aromatic rings. The molecule has 150 valence electrons. The maximum atomic E-state index is 5.52. The van der Waals surface area contributed by atoms with Gasteiger partial charge in [0, 0.05) is 32.4 Å². The Balaban J connectivity index is 1.42. The first-order chi connectivity index (χ1) is 13.5. The molecule has 1 fully saturated rings. The van der Waals surface area contributed by atoms with Crippen molar-refractivity contribution in [3.8, 4) is 0 Å². The van der Waals surface area contributed by atoms with Crippen molar-refractivity contribution in [2.24, 2.45) is 0 Å². The standard InChI is InChI=1S/C21H30N6S/c1-15(16-7-5-4-6-8-16)23-21(28)25-18-11-9-17(10-12-18)24-20-22-14-13-19(26-20)27(2)3/h4-8,13-15,17-18H,9-12H2,1-3H3,(H,22,24,26)(H2,23,25,28)/t15-,17?,18?/m1/s1. The van der Waals surface area contributed by atoms with Crippen LogP contribution in [0.1, 0.15) is 44.2 Å². The van der Waals surface area contributed by atoms with Crippen molar-refractivity contribution in [1.82, 2.24) is 20.6 Å². The molecule has 1 atom stereocenters. The van der Waals surface area contributed by atoms with Crippen LogP contribution >= 0.6 is 12.2 Å². The summed E-state index contributed by atoms with van der Waals surface area (Å²) >= 11 is 5.52. The SMILES string of the molecule is C[C@@H](NC(=S)NC1CCC(Nc2nccc(N(C)C)n2)CC1)c1ccccc1. The molecule has 0 bridgehead atoms. The van der Waals surface area contributed by atoms with E-state index in [1.165, 1.54) is 5.56 Å². The summed E-state index contributed by atoms with van der Waals surface area (Å²) in [6, 6.07) is 13.3. The van der Waals surface area contributed by atoms with E-state index >= 15 is 0 Å². The number of thiocarbonyl (C=S) groups is 1. The summed E-state index contributed by atoms with van der Waals surface area (Å²) in [4.78, 5) is 10.9. The maximum Gasteiger partial charge on any atom is 0.224 e. The van der Waals surface area contributed by atoms with Gasteiger partial charge in [0.05, 0.1) is 6.04 Å². The van der Waals surface area contributed by atoms with Crippen molar-refractivity contribution >= 4 is 29.1 Å². The average Bonchev–Trinajstić information content (AvgIpc) is 2.70. The first-order valence-electron chi connectivity index (χ1n) is 9.90. The summed E-state index contributed by atoms with van der Waals surface area (Å²) in [5.41, 5.74) is 1.24. The molecule has 1 heterocycles. The summed E-state index contributed by atoms with van der Waals surface area (Å²) in [5.74, 6) is 1.62. The van der Waals surface area contributed by atoms with E-state index in [0.717, 1.165) is 36.6 Å². The third kappa shape index (κ3) is 5.79. The lowest BCUT2D eigenvalue weighted by Crippen LogP contribution is -2.45. The molecule has 28 heavy (non-hydrogen) atoms. The van der Waals surface area contributed by atoms with E-state index < -0.39 is 0 Å². The number of rotatable bonds is 6. The van der Waals surface area contributed by atoms with E-state index in [2.05, 4.69) is 57.1 Å². The molecular formula is C21H30N6S. The molecule has 0 amide bonds. The molecule has 6 nitrogen and oxygen atoms in total. The zero-order chi connectivity index (χ0) is 19.9. The van der Waals surface area contributed by atoms with Crippen LogP contribution in [0.4, 0.5) is 11.8 Å². The largest absolute Gasteiger partial charge is 0.363 e. The summed E-state index contributed by atoms with van der Waals surface area (Å²) in [6.45, 7) is 2.13. The zero-order valence-corrected chi connectivity index (χ0v) is 17.7. The normalized spacial score (nSPS) is 20.1. The molecule has 3 rings (SSSR count). The second-order valence-electron chi connectivity index (χ2n) is 7.58. The Bertz CT molecular complexity index is 759. The fourth-order valence-corrected chi connectivity index (χ4v) is 3.82. The Hall–Kier alpha value is -2.41. The van der Waals surface area contributed by atoms with Gasteiger partial charge in [0.15, 0.2) is 5.11 Å². The molecule has 7 heteroatoms. The van der Waals surface area contributed by atoms with Gasteiger partial charge in [0.25, 0.3) is 0 Å². The molecule has 0 saturated heterocycles. The first-order valence-corrected chi connectivity index (χ1v) is 10.3. The van der Waals surface area contributed by atoms with Crippen LogP contribution in [0.25, 0.3) is 0 Å². The van der Waals surface area contributed by atoms with Crippen LogP contribution in [0.3, 0.4) is 0 Å². The lowest BCUT2D eigenvalue weighted by molar-refractivity contribution is 0.384.